The summed E-state index contributed by atoms with van der Waals surface area (Å²) in [5.41, 5.74) is 18.5. The molecule has 6 aromatic carbocycles. The molecule has 0 saturated heterocycles. The van der Waals surface area contributed by atoms with Gasteiger partial charge in [-0.3, -0.25) is 0 Å². The van der Waals surface area contributed by atoms with Crippen molar-refractivity contribution in [2.24, 2.45) is 23.7 Å². The third-order valence-electron chi connectivity index (χ3n) is 25.9. The van der Waals surface area contributed by atoms with Gasteiger partial charge in [-0.2, -0.15) is 0 Å². The molecule has 2 aromatic heterocycles. The topological polar surface area (TPSA) is 36.9 Å². The summed E-state index contributed by atoms with van der Waals surface area (Å²) in [6, 6.07) is 55.2. The predicted molar refractivity (Wildman–Crippen MR) is 480 cm³/mol. The van der Waals surface area contributed by atoms with Crippen LogP contribution in [0, 0.1) is 23.7 Å². The van der Waals surface area contributed by atoms with E-state index < -0.39 is 47.6 Å². The third-order valence-corrected chi connectivity index (χ3v) is 47.1. The van der Waals surface area contributed by atoms with E-state index in [-0.39, 0.29) is 5.41 Å². The molecular weight excluding hydrogens is 1580 g/mol. The second-order valence-electron chi connectivity index (χ2n) is 35.7. The summed E-state index contributed by atoms with van der Waals surface area (Å²) in [4.78, 5) is 18.8. The molecule has 109 heavy (non-hydrogen) atoms. The Morgan fingerprint density at radius 3 is 0.798 bits per heavy atom. The zero-order valence-electron chi connectivity index (χ0n) is 71.0. The molecule has 0 spiro atoms. The van der Waals surface area contributed by atoms with Crippen molar-refractivity contribution in [2.75, 3.05) is 26.4 Å². The average molecular weight is 1720 g/mol. The molecule has 11 rings (SSSR count). The van der Waals surface area contributed by atoms with Gasteiger partial charge in [0.2, 0.25) is 0 Å². The number of benzene rings is 6. The van der Waals surface area contributed by atoms with Crippen LogP contribution >= 0.6 is 22.7 Å². The fourth-order valence-corrected chi connectivity index (χ4v) is 31.5. The van der Waals surface area contributed by atoms with Gasteiger partial charge in [-0.25, -0.2) is 0 Å². The zero-order chi connectivity index (χ0) is 77.4. The monoisotopic (exact) mass is 1720 g/mol. The summed E-state index contributed by atoms with van der Waals surface area (Å²) in [7, 11) is 0. The predicted octanol–water partition coefficient (Wildman–Crippen LogP) is 29.8. The standard InChI is InChI=1S/C95H124O4S2.6CH3.2Sn/c1-11-21-27-29-31-33-57-93(58-34-32-30-28-22-12-2)87-63-83-89(94(85-55-59-100-91(83)85,73-39-47-77(48-40-73)96-65-69(17-7)35-23-13-3)74-41-49-78(50-42-74)97-66-70(18-8)36-24-14-4)61-81(87)82-62-90-84(64-88(82)93)92-86(56-60-101-92)95(90,75-43-51-79(52-44-75)98-67-71(19-9)37-25-15-5)76-45-53-80(54-46-76)99-68-72(20-10)38-26-16-6;;;;;;;;/h39-56,61-64,69-72H,11-38,57-58,65-68H2,1-10H3;6*1H3;;. The molecule has 8 heteroatoms. The molecule has 0 saturated carbocycles. The Morgan fingerprint density at radius 1 is 0.284 bits per heavy atom. The van der Waals surface area contributed by atoms with Crippen LogP contribution in [0.3, 0.4) is 0 Å². The number of rotatable bonds is 48. The first kappa shape index (κ1) is 85.4. The van der Waals surface area contributed by atoms with Crippen LogP contribution in [0.4, 0.5) is 0 Å². The Kier molecular flexibility index (Phi) is 31.1. The number of thiophene rings is 2. The Balaban J connectivity index is 1.20. The van der Waals surface area contributed by atoms with Gasteiger partial charge in [-0.05, 0) is 0 Å². The number of hydrogen-bond donors (Lipinski definition) is 0. The summed E-state index contributed by atoms with van der Waals surface area (Å²) in [5, 5.41) is 0. The average Bonchev–Trinajstić information content (AvgIpc) is 1.51. The maximum absolute atomic E-state index is 6.86. The van der Waals surface area contributed by atoms with Crippen LogP contribution in [0.25, 0.3) is 32.0 Å². The van der Waals surface area contributed by atoms with Gasteiger partial charge in [0.25, 0.3) is 0 Å². The van der Waals surface area contributed by atoms with Crippen LogP contribution in [0.15, 0.2) is 133 Å². The molecule has 4 nitrogen and oxygen atoms in total. The van der Waals surface area contributed by atoms with Crippen LogP contribution < -0.4 is 24.7 Å². The van der Waals surface area contributed by atoms with Gasteiger partial charge in [0.05, 0.1) is 0 Å². The third kappa shape index (κ3) is 18.9. The Bertz CT molecular complexity index is 3730. The van der Waals surface area contributed by atoms with Crippen LogP contribution in [0.2, 0.25) is 29.6 Å². The van der Waals surface area contributed by atoms with Crippen molar-refractivity contribution < 1.29 is 18.9 Å². The quantitative estimate of drug-likeness (QED) is 0.0281. The minimum absolute atomic E-state index is 0.189. The van der Waals surface area contributed by atoms with E-state index in [4.69, 9.17) is 18.9 Å². The van der Waals surface area contributed by atoms with Gasteiger partial charge >= 0.3 is 540 Å². The van der Waals surface area contributed by atoms with Crippen LogP contribution in [0.5, 0.6) is 23.0 Å². The van der Waals surface area contributed by atoms with Crippen molar-refractivity contribution >= 4 is 65.2 Å². The van der Waals surface area contributed by atoms with E-state index in [0.717, 1.165) is 88.0 Å². The van der Waals surface area contributed by atoms with E-state index >= 15 is 0 Å². The second-order valence-corrected chi connectivity index (χ2v) is 68.7. The van der Waals surface area contributed by atoms with Crippen molar-refractivity contribution in [2.45, 2.75) is 308 Å². The fraction of sp³-hybridized carbons (Fsp3) is 0.564. The van der Waals surface area contributed by atoms with Gasteiger partial charge in [-0.1, -0.05) is 146 Å². The van der Waals surface area contributed by atoms with E-state index in [1.807, 2.05) is 0 Å². The molecule has 3 aliphatic rings. The first-order valence-corrected chi connectivity index (χ1v) is 66.1. The molecule has 4 unspecified atom stereocenters. The second kappa shape index (κ2) is 39.7. The molecule has 0 radical (unpaired) electrons. The number of hydrogen-bond acceptors (Lipinski definition) is 6. The van der Waals surface area contributed by atoms with Gasteiger partial charge in [0.15, 0.2) is 0 Å². The Hall–Kier alpha value is -4.48. The van der Waals surface area contributed by atoms with E-state index in [1.54, 1.807) is 16.9 Å². The molecule has 590 valence electrons. The first-order chi connectivity index (χ1) is 52.8. The van der Waals surface area contributed by atoms with E-state index in [2.05, 4.69) is 255 Å². The van der Waals surface area contributed by atoms with Crippen molar-refractivity contribution in [1.29, 1.82) is 0 Å². The summed E-state index contributed by atoms with van der Waals surface area (Å²) in [5.74, 6) is 6.03. The first-order valence-electron chi connectivity index (χ1n) is 44.5. The minimum atomic E-state index is -2.77. The van der Waals surface area contributed by atoms with Crippen molar-refractivity contribution in [3.05, 3.63) is 189 Å². The van der Waals surface area contributed by atoms with E-state index in [0.29, 0.717) is 23.7 Å². The van der Waals surface area contributed by atoms with Crippen LogP contribution in [0.1, 0.15) is 317 Å². The summed E-state index contributed by atoms with van der Waals surface area (Å²) < 4.78 is 30.7. The molecule has 0 aliphatic heterocycles. The molecular formula is C101H142O4S2Sn2. The maximum atomic E-state index is 6.86. The summed E-state index contributed by atoms with van der Waals surface area (Å²) in [6.45, 7) is 26.3. The van der Waals surface area contributed by atoms with E-state index in [1.165, 1.54) is 231 Å². The molecule has 3 aliphatic carbocycles. The number of ether oxygens (including phenoxy) is 4. The van der Waals surface area contributed by atoms with Gasteiger partial charge in [-0.15, -0.1) is 0 Å². The van der Waals surface area contributed by atoms with Gasteiger partial charge in [0.1, 0.15) is 0 Å². The SMILES string of the molecule is CCCCCCCCC1(CCCCCCCC)c2cc3c(cc2-c2cc4c(cc21)-c1s[c]([Sn]([CH3])([CH3])[CH3])cc1C4(c1ccc(OCC(CC)CCCC)cc1)c1ccc(OCC(CC)CCCC)cc1)C(c1ccc(OCC(CC)CCCC)cc1)(c1ccc(OCC(CC)CCCC)cc1)c1c[c]([Sn]([CH3])([CH3])[CH3])sc1-3. The molecule has 0 N–H and O–H groups in total. The fourth-order valence-electron chi connectivity index (χ4n) is 18.7. The van der Waals surface area contributed by atoms with Crippen molar-refractivity contribution in [1.82, 2.24) is 0 Å². The number of unbranched alkanes of at least 4 members (excludes halogenated alkanes) is 14. The summed E-state index contributed by atoms with van der Waals surface area (Å²) >= 11 is -1.22. The molecule has 4 atom stereocenters. The molecule has 0 amide bonds. The molecule has 0 bridgehead atoms. The normalized spacial score (nSPS) is 17.1. The summed E-state index contributed by atoms with van der Waals surface area (Å²) in [6.07, 6.45) is 36.8. The molecule has 0 fully saturated rings. The van der Waals surface area contributed by atoms with Crippen molar-refractivity contribution in [3.63, 3.8) is 0 Å². The zero-order valence-corrected chi connectivity index (χ0v) is 78.3. The van der Waals surface area contributed by atoms with Crippen LogP contribution in [-0.2, 0) is 16.2 Å². The van der Waals surface area contributed by atoms with Gasteiger partial charge < -0.3 is 0 Å². The number of fused-ring (bicyclic) bond motifs is 9. The van der Waals surface area contributed by atoms with Crippen LogP contribution in [-0.4, -0.2) is 63.2 Å². The molecule has 8 aromatic rings. The molecule has 2 heterocycles. The Morgan fingerprint density at radius 2 is 0.541 bits per heavy atom. The Labute approximate surface area is 680 Å². The van der Waals surface area contributed by atoms with E-state index in [9.17, 15) is 0 Å². The van der Waals surface area contributed by atoms with Gasteiger partial charge in [0, 0.05) is 0 Å². The van der Waals surface area contributed by atoms with Crippen molar-refractivity contribution in [3.8, 4) is 55.0 Å².